The van der Waals surface area contributed by atoms with Crippen LogP contribution in [0.25, 0.3) is 0 Å². The Kier molecular flexibility index (Phi) is 10.8. The summed E-state index contributed by atoms with van der Waals surface area (Å²) in [4.78, 5) is 41.0. The minimum atomic E-state index is -0.958. The molecule has 0 saturated heterocycles. The number of carbonyl (C=O) groups is 3. The summed E-state index contributed by atoms with van der Waals surface area (Å²) in [5.74, 6) is -1.02. The lowest BCUT2D eigenvalue weighted by Crippen LogP contribution is -2.56. The molecule has 3 amide bonds. The number of hydrogen-bond donors (Lipinski definition) is 3. The lowest BCUT2D eigenvalue weighted by atomic mass is 9.94. The molecule has 8 nitrogen and oxygen atoms in total. The molecule has 0 radical (unpaired) electrons. The van der Waals surface area contributed by atoms with Gasteiger partial charge in [-0.3, -0.25) is 9.59 Å². The first-order valence-corrected chi connectivity index (χ1v) is 11.6. The molecule has 0 saturated carbocycles. The number of aliphatic hydroxyl groups is 1. The fourth-order valence-electron chi connectivity index (χ4n) is 3.48. The number of aryl methyl sites for hydroxylation is 1. The van der Waals surface area contributed by atoms with Crippen LogP contribution in [0.1, 0.15) is 72.1 Å². The van der Waals surface area contributed by atoms with Crippen LogP contribution in [0.2, 0.25) is 0 Å². The molecule has 1 aromatic carbocycles. The zero-order chi connectivity index (χ0) is 25.3. The van der Waals surface area contributed by atoms with E-state index in [1.54, 1.807) is 26.8 Å². The van der Waals surface area contributed by atoms with E-state index in [1.807, 2.05) is 52.8 Å². The lowest BCUT2D eigenvalue weighted by molar-refractivity contribution is -0.144. The molecule has 1 rings (SSSR count). The van der Waals surface area contributed by atoms with Gasteiger partial charge in [0.2, 0.25) is 11.8 Å². The van der Waals surface area contributed by atoms with Crippen molar-refractivity contribution in [3.8, 4) is 0 Å². The van der Waals surface area contributed by atoms with E-state index in [0.29, 0.717) is 12.0 Å². The third kappa shape index (κ3) is 8.68. The highest BCUT2D eigenvalue weighted by Gasteiger charge is 2.38. The normalized spacial score (nSPS) is 14.2. The van der Waals surface area contributed by atoms with Gasteiger partial charge in [0, 0.05) is 12.6 Å². The number of nitrogens with zero attached hydrogens (tertiary/aromatic N) is 1. The predicted molar refractivity (Wildman–Crippen MR) is 129 cm³/mol. The highest BCUT2D eigenvalue weighted by Crippen LogP contribution is 2.27. The number of nitrogens with one attached hydrogen (secondary N) is 2. The summed E-state index contributed by atoms with van der Waals surface area (Å²) < 4.78 is 5.37. The van der Waals surface area contributed by atoms with Crippen molar-refractivity contribution in [2.75, 3.05) is 13.2 Å². The Morgan fingerprint density at radius 1 is 1.09 bits per heavy atom. The number of alkyl carbamates (subject to hydrolysis) is 1. The number of benzene rings is 1. The van der Waals surface area contributed by atoms with E-state index in [0.717, 1.165) is 5.56 Å². The number of ether oxygens (including phenoxy) is 1. The predicted octanol–water partition coefficient (Wildman–Crippen LogP) is 3.32. The molecule has 186 valence electrons. The highest BCUT2D eigenvalue weighted by molar-refractivity contribution is 5.92. The van der Waals surface area contributed by atoms with Gasteiger partial charge in [0.1, 0.15) is 17.7 Å². The molecule has 0 aromatic heterocycles. The standard InChI is InChI=1S/C25H41N3O5/c1-9-17(4)20(27-24(32)33-25(6,7)8)23(31)28(14-15-29)21(22(30)26-16(2)3)19-13-11-10-12-18(19)5/h10-13,16-17,20-21,29H,9,14-15H2,1-8H3,(H,26,30)(H,27,32). The summed E-state index contributed by atoms with van der Waals surface area (Å²) >= 11 is 0. The Morgan fingerprint density at radius 2 is 1.70 bits per heavy atom. The number of hydrogen-bond acceptors (Lipinski definition) is 5. The first-order valence-electron chi connectivity index (χ1n) is 11.6. The van der Waals surface area contributed by atoms with Gasteiger partial charge < -0.3 is 25.4 Å². The van der Waals surface area contributed by atoms with Crippen LogP contribution in [-0.4, -0.2) is 58.8 Å². The first kappa shape index (κ1) is 28.4. The molecule has 33 heavy (non-hydrogen) atoms. The largest absolute Gasteiger partial charge is 0.444 e. The van der Waals surface area contributed by atoms with Gasteiger partial charge in [-0.1, -0.05) is 44.5 Å². The van der Waals surface area contributed by atoms with Crippen molar-refractivity contribution in [1.29, 1.82) is 0 Å². The van der Waals surface area contributed by atoms with Crippen LogP contribution >= 0.6 is 0 Å². The van der Waals surface area contributed by atoms with Crippen molar-refractivity contribution in [1.82, 2.24) is 15.5 Å². The summed E-state index contributed by atoms with van der Waals surface area (Å²) in [6.45, 7) is 14.2. The average molecular weight is 464 g/mol. The van der Waals surface area contributed by atoms with Gasteiger partial charge in [-0.15, -0.1) is 0 Å². The highest BCUT2D eigenvalue weighted by atomic mass is 16.6. The van der Waals surface area contributed by atoms with Gasteiger partial charge in [-0.2, -0.15) is 0 Å². The van der Waals surface area contributed by atoms with Crippen molar-refractivity contribution >= 4 is 17.9 Å². The summed E-state index contributed by atoms with van der Waals surface area (Å²) in [5, 5.41) is 15.4. The van der Waals surface area contributed by atoms with Gasteiger partial charge in [0.25, 0.3) is 0 Å². The van der Waals surface area contributed by atoms with E-state index < -0.39 is 29.7 Å². The average Bonchev–Trinajstić information content (AvgIpc) is 2.70. The summed E-state index contributed by atoms with van der Waals surface area (Å²) in [6.07, 6.45) is -0.0870. The summed E-state index contributed by atoms with van der Waals surface area (Å²) in [5.41, 5.74) is 0.786. The number of rotatable bonds is 10. The SMILES string of the molecule is CCC(C)C(NC(=O)OC(C)(C)C)C(=O)N(CCO)C(C(=O)NC(C)C)c1ccccc1C. The minimum Gasteiger partial charge on any atom is -0.444 e. The van der Waals surface area contributed by atoms with E-state index in [1.165, 1.54) is 4.90 Å². The molecule has 0 bridgehead atoms. The van der Waals surface area contributed by atoms with Crippen molar-refractivity contribution < 1.29 is 24.2 Å². The molecule has 0 spiro atoms. The summed E-state index contributed by atoms with van der Waals surface area (Å²) in [6, 6.07) is 5.33. The Bertz CT molecular complexity index is 803. The second-order valence-electron chi connectivity index (χ2n) is 9.69. The molecule has 0 fully saturated rings. The van der Waals surface area contributed by atoms with E-state index >= 15 is 0 Å². The molecule has 3 unspecified atom stereocenters. The smallest absolute Gasteiger partial charge is 0.408 e. The van der Waals surface area contributed by atoms with E-state index in [9.17, 15) is 19.5 Å². The van der Waals surface area contributed by atoms with Crippen LogP contribution in [0.3, 0.4) is 0 Å². The fraction of sp³-hybridized carbons (Fsp3) is 0.640. The molecule has 1 aromatic rings. The number of amides is 3. The fourth-order valence-corrected chi connectivity index (χ4v) is 3.48. The molecule has 0 aliphatic carbocycles. The minimum absolute atomic E-state index is 0.0632. The molecular weight excluding hydrogens is 422 g/mol. The molecule has 3 N–H and O–H groups in total. The number of aliphatic hydroxyl groups excluding tert-OH is 1. The van der Waals surface area contributed by atoms with Crippen molar-refractivity contribution in [3.63, 3.8) is 0 Å². The summed E-state index contributed by atoms with van der Waals surface area (Å²) in [7, 11) is 0. The van der Waals surface area contributed by atoms with Crippen LogP contribution in [0.4, 0.5) is 4.79 Å². The second-order valence-corrected chi connectivity index (χ2v) is 9.69. The molecular formula is C25H41N3O5. The quantitative estimate of drug-likeness (QED) is 0.493. The molecule has 0 aliphatic rings. The maximum atomic E-state index is 13.8. The van der Waals surface area contributed by atoms with Crippen LogP contribution in [0, 0.1) is 12.8 Å². The van der Waals surface area contributed by atoms with Crippen LogP contribution in [-0.2, 0) is 14.3 Å². The Labute approximate surface area is 198 Å². The Balaban J connectivity index is 3.46. The van der Waals surface area contributed by atoms with E-state index in [2.05, 4.69) is 10.6 Å². The van der Waals surface area contributed by atoms with Gasteiger partial charge in [-0.25, -0.2) is 4.79 Å². The van der Waals surface area contributed by atoms with E-state index in [4.69, 9.17) is 4.74 Å². The van der Waals surface area contributed by atoms with Gasteiger partial charge in [0.15, 0.2) is 0 Å². The van der Waals surface area contributed by atoms with Crippen molar-refractivity contribution in [2.24, 2.45) is 5.92 Å². The molecule has 0 aliphatic heterocycles. The third-order valence-electron chi connectivity index (χ3n) is 5.25. The maximum Gasteiger partial charge on any atom is 0.408 e. The monoisotopic (exact) mass is 463 g/mol. The Hall–Kier alpha value is -2.61. The van der Waals surface area contributed by atoms with Crippen LogP contribution < -0.4 is 10.6 Å². The first-order chi connectivity index (χ1) is 15.3. The second kappa shape index (κ2) is 12.6. The zero-order valence-corrected chi connectivity index (χ0v) is 21.3. The van der Waals surface area contributed by atoms with Crippen molar-refractivity contribution in [2.45, 2.75) is 85.5 Å². The molecule has 8 heteroatoms. The van der Waals surface area contributed by atoms with Crippen LogP contribution in [0.15, 0.2) is 24.3 Å². The topological polar surface area (TPSA) is 108 Å². The van der Waals surface area contributed by atoms with Crippen molar-refractivity contribution in [3.05, 3.63) is 35.4 Å². The van der Waals surface area contributed by atoms with Gasteiger partial charge in [-0.05, 0) is 58.6 Å². The Morgan fingerprint density at radius 3 is 2.18 bits per heavy atom. The van der Waals surface area contributed by atoms with Gasteiger partial charge in [0.05, 0.1) is 6.61 Å². The maximum absolute atomic E-state index is 13.8. The third-order valence-corrected chi connectivity index (χ3v) is 5.25. The van der Waals surface area contributed by atoms with E-state index in [-0.39, 0.29) is 31.0 Å². The molecule has 0 heterocycles. The number of carbonyl (C=O) groups excluding carboxylic acids is 3. The lowest BCUT2D eigenvalue weighted by Gasteiger charge is -2.36. The van der Waals surface area contributed by atoms with Gasteiger partial charge >= 0.3 is 6.09 Å². The zero-order valence-electron chi connectivity index (χ0n) is 21.3. The van der Waals surface area contributed by atoms with Crippen LogP contribution in [0.5, 0.6) is 0 Å². The molecule has 3 atom stereocenters.